The van der Waals surface area contributed by atoms with Gasteiger partial charge in [0.2, 0.25) is 0 Å². The van der Waals surface area contributed by atoms with Gasteiger partial charge in [0, 0.05) is 12.3 Å². The van der Waals surface area contributed by atoms with Crippen molar-refractivity contribution in [1.82, 2.24) is 0 Å². The Hall–Kier alpha value is -0.450. The molecule has 9 atom stereocenters. The summed E-state index contributed by atoms with van der Waals surface area (Å²) < 4.78 is 0. The Balaban J connectivity index is 1.69. The maximum atomic E-state index is 12.9. The molecule has 4 saturated carbocycles. The second kappa shape index (κ2) is 5.03. The van der Waals surface area contributed by atoms with E-state index in [9.17, 15) is 20.1 Å². The van der Waals surface area contributed by atoms with Gasteiger partial charge < -0.3 is 15.3 Å². The van der Waals surface area contributed by atoms with Crippen LogP contribution in [0.3, 0.4) is 0 Å². The van der Waals surface area contributed by atoms with E-state index in [-0.39, 0.29) is 28.6 Å². The highest BCUT2D eigenvalue weighted by molar-refractivity contribution is 5.83. The van der Waals surface area contributed by atoms with Gasteiger partial charge in [0.15, 0.2) is 0 Å². The summed E-state index contributed by atoms with van der Waals surface area (Å²) in [6.07, 6.45) is 3.84. The molecule has 0 aliphatic heterocycles. The molecule has 0 radical (unpaired) electrons. The van der Waals surface area contributed by atoms with Gasteiger partial charge in [-0.05, 0) is 67.1 Å². The van der Waals surface area contributed by atoms with Gasteiger partial charge in [0.05, 0.1) is 18.3 Å². The molecule has 4 aliphatic rings. The highest BCUT2D eigenvalue weighted by Crippen LogP contribution is 2.65. The SMILES string of the molecule is C[C@]12CC(O)C(O)CC1C(=O)C[C@@H]1[C@H]2CC[C@]2(C)C(O)CC[C@@H]12. The van der Waals surface area contributed by atoms with Crippen molar-refractivity contribution < 1.29 is 20.1 Å². The summed E-state index contributed by atoms with van der Waals surface area (Å²) in [4.78, 5) is 12.9. The Bertz CT molecular complexity index is 519. The minimum Gasteiger partial charge on any atom is -0.393 e. The molecule has 0 bridgehead atoms. The number of Topliss-reactive ketones (excluding diaryl/α,β-unsaturated/α-hetero) is 1. The first-order valence-corrected chi connectivity index (χ1v) is 9.34. The Morgan fingerprint density at radius 2 is 1.65 bits per heavy atom. The standard InChI is InChI=1S/C19H30O4/c1-18-6-5-12-10(11(18)3-4-17(18)23)7-14(20)13-8-15(21)16(22)9-19(12,13)2/h10-13,15-17,21-23H,3-9H2,1-2H3/t10-,11-,12+,13?,15?,16?,17?,18-,19+/m0/s1. The number of rotatable bonds is 0. The molecule has 3 N–H and O–H groups in total. The topological polar surface area (TPSA) is 77.8 Å². The lowest BCUT2D eigenvalue weighted by atomic mass is 9.44. The van der Waals surface area contributed by atoms with E-state index in [0.29, 0.717) is 37.0 Å². The minimum absolute atomic E-state index is 0.0303. The fraction of sp³-hybridized carbons (Fsp3) is 0.947. The van der Waals surface area contributed by atoms with Crippen molar-refractivity contribution in [3.63, 3.8) is 0 Å². The summed E-state index contributed by atoms with van der Waals surface area (Å²) in [5.41, 5.74) is -0.217. The van der Waals surface area contributed by atoms with E-state index in [1.54, 1.807) is 0 Å². The number of aliphatic hydroxyl groups excluding tert-OH is 3. The molecule has 4 heteroatoms. The van der Waals surface area contributed by atoms with Gasteiger partial charge in [-0.25, -0.2) is 0 Å². The lowest BCUT2D eigenvalue weighted by molar-refractivity contribution is -0.174. The van der Waals surface area contributed by atoms with E-state index in [1.807, 2.05) is 0 Å². The smallest absolute Gasteiger partial charge is 0.136 e. The van der Waals surface area contributed by atoms with E-state index >= 15 is 0 Å². The zero-order chi connectivity index (χ0) is 16.6. The summed E-state index contributed by atoms with van der Waals surface area (Å²) in [6.45, 7) is 4.39. The number of fused-ring (bicyclic) bond motifs is 5. The molecule has 4 nitrogen and oxygen atoms in total. The first kappa shape index (κ1) is 16.0. The average Bonchev–Trinajstić information content (AvgIpc) is 2.78. The van der Waals surface area contributed by atoms with Crippen LogP contribution in [0.1, 0.15) is 58.8 Å². The number of carbonyl (C=O) groups is 1. The zero-order valence-electron chi connectivity index (χ0n) is 14.2. The second-order valence-corrected chi connectivity index (χ2v) is 9.32. The maximum absolute atomic E-state index is 12.9. The van der Waals surface area contributed by atoms with Gasteiger partial charge in [-0.1, -0.05) is 13.8 Å². The molecule has 0 aromatic heterocycles. The van der Waals surface area contributed by atoms with Crippen LogP contribution in [0.15, 0.2) is 0 Å². The monoisotopic (exact) mass is 322 g/mol. The number of ketones is 1. The minimum atomic E-state index is -0.754. The first-order valence-electron chi connectivity index (χ1n) is 9.34. The van der Waals surface area contributed by atoms with Gasteiger partial charge in [0.1, 0.15) is 5.78 Å². The number of hydrogen-bond donors (Lipinski definition) is 3. The molecule has 23 heavy (non-hydrogen) atoms. The number of aliphatic hydroxyl groups is 3. The summed E-state index contributed by atoms with van der Waals surface area (Å²) in [7, 11) is 0. The summed E-state index contributed by atoms with van der Waals surface area (Å²) in [5, 5.41) is 30.7. The summed E-state index contributed by atoms with van der Waals surface area (Å²) >= 11 is 0. The fourth-order valence-electron chi connectivity index (χ4n) is 7.04. The molecule has 4 unspecified atom stereocenters. The highest BCUT2D eigenvalue weighted by atomic mass is 16.3. The average molecular weight is 322 g/mol. The molecule has 0 saturated heterocycles. The van der Waals surface area contributed by atoms with Crippen molar-refractivity contribution in [3.05, 3.63) is 0 Å². The molecule has 0 heterocycles. The molecule has 4 aliphatic carbocycles. The van der Waals surface area contributed by atoms with Crippen molar-refractivity contribution >= 4 is 5.78 Å². The zero-order valence-corrected chi connectivity index (χ0v) is 14.2. The predicted molar refractivity (Wildman–Crippen MR) is 85.5 cm³/mol. The van der Waals surface area contributed by atoms with Crippen molar-refractivity contribution in [2.45, 2.75) is 77.1 Å². The first-order chi connectivity index (χ1) is 10.8. The van der Waals surface area contributed by atoms with Crippen LogP contribution in [0.25, 0.3) is 0 Å². The predicted octanol–water partition coefficient (Wildman–Crippen LogP) is 1.90. The lowest BCUT2D eigenvalue weighted by Crippen LogP contribution is -2.59. The van der Waals surface area contributed by atoms with Crippen LogP contribution in [-0.4, -0.2) is 39.4 Å². The fourth-order valence-corrected chi connectivity index (χ4v) is 7.04. The third kappa shape index (κ3) is 2.04. The van der Waals surface area contributed by atoms with Crippen LogP contribution in [0.2, 0.25) is 0 Å². The quantitative estimate of drug-likeness (QED) is 0.636. The van der Waals surface area contributed by atoms with Crippen LogP contribution in [0.5, 0.6) is 0 Å². The molecule has 130 valence electrons. The third-order valence-corrected chi connectivity index (χ3v) is 8.43. The second-order valence-electron chi connectivity index (χ2n) is 9.32. The molecular weight excluding hydrogens is 292 g/mol. The van der Waals surface area contributed by atoms with E-state index in [0.717, 1.165) is 25.7 Å². The van der Waals surface area contributed by atoms with Gasteiger partial charge in [-0.2, -0.15) is 0 Å². The van der Waals surface area contributed by atoms with E-state index in [2.05, 4.69) is 13.8 Å². The molecule has 0 aromatic carbocycles. The van der Waals surface area contributed by atoms with Crippen molar-refractivity contribution in [1.29, 1.82) is 0 Å². The molecule has 0 amide bonds. The van der Waals surface area contributed by atoms with E-state index in [4.69, 9.17) is 0 Å². The Morgan fingerprint density at radius 1 is 0.957 bits per heavy atom. The highest BCUT2D eigenvalue weighted by Gasteiger charge is 2.62. The normalized spacial score (nSPS) is 59.2. The molecule has 4 rings (SSSR count). The van der Waals surface area contributed by atoms with Gasteiger partial charge in [-0.3, -0.25) is 4.79 Å². The molecule has 4 fully saturated rings. The molecular formula is C19H30O4. The number of carbonyl (C=O) groups excluding carboxylic acids is 1. The Labute approximate surface area is 138 Å². The molecule has 0 spiro atoms. The van der Waals surface area contributed by atoms with Crippen molar-refractivity contribution in [2.24, 2.45) is 34.5 Å². The van der Waals surface area contributed by atoms with Crippen LogP contribution < -0.4 is 0 Å². The molecule has 0 aromatic rings. The van der Waals surface area contributed by atoms with Crippen molar-refractivity contribution in [3.8, 4) is 0 Å². The van der Waals surface area contributed by atoms with Crippen LogP contribution in [-0.2, 0) is 4.79 Å². The van der Waals surface area contributed by atoms with Crippen LogP contribution in [0.4, 0.5) is 0 Å². The van der Waals surface area contributed by atoms with Gasteiger partial charge in [-0.15, -0.1) is 0 Å². The van der Waals surface area contributed by atoms with Gasteiger partial charge in [0.25, 0.3) is 0 Å². The third-order valence-electron chi connectivity index (χ3n) is 8.43. The van der Waals surface area contributed by atoms with Crippen LogP contribution in [0, 0.1) is 34.5 Å². The van der Waals surface area contributed by atoms with Crippen molar-refractivity contribution in [2.75, 3.05) is 0 Å². The van der Waals surface area contributed by atoms with E-state index < -0.39 is 12.2 Å². The largest absolute Gasteiger partial charge is 0.393 e. The van der Waals surface area contributed by atoms with Crippen LogP contribution >= 0.6 is 0 Å². The van der Waals surface area contributed by atoms with Gasteiger partial charge >= 0.3 is 0 Å². The Morgan fingerprint density at radius 3 is 2.39 bits per heavy atom. The summed E-state index contributed by atoms with van der Waals surface area (Å²) in [5.74, 6) is 1.41. The van der Waals surface area contributed by atoms with E-state index in [1.165, 1.54) is 0 Å². The Kier molecular flexibility index (Phi) is 3.51. The summed E-state index contributed by atoms with van der Waals surface area (Å²) in [6, 6.07) is 0. The maximum Gasteiger partial charge on any atom is 0.136 e. The number of hydrogen-bond acceptors (Lipinski definition) is 4. The lowest BCUT2D eigenvalue weighted by Gasteiger charge is -2.60.